The molecule has 1 aliphatic carbocycles. The average molecular weight is 448 g/mol. The van der Waals surface area contributed by atoms with Gasteiger partial charge in [-0.15, -0.1) is 0 Å². The van der Waals surface area contributed by atoms with E-state index in [4.69, 9.17) is 16.3 Å². The molecule has 4 rings (SSSR count). The highest BCUT2D eigenvalue weighted by Crippen LogP contribution is 2.37. The van der Waals surface area contributed by atoms with Gasteiger partial charge in [-0.05, 0) is 56.2 Å². The summed E-state index contributed by atoms with van der Waals surface area (Å²) in [6.45, 7) is 8.17. The Hall–Kier alpha value is -1.95. The quantitative estimate of drug-likeness (QED) is 0.714. The van der Waals surface area contributed by atoms with Crippen LogP contribution in [0.5, 0.6) is 5.75 Å². The van der Waals surface area contributed by atoms with Crippen LogP contribution in [0.25, 0.3) is 0 Å². The molecule has 31 heavy (non-hydrogen) atoms. The molecule has 0 aromatic heterocycles. The number of rotatable bonds is 2. The van der Waals surface area contributed by atoms with Crippen LogP contribution in [0, 0.1) is 17.8 Å². The van der Waals surface area contributed by atoms with Gasteiger partial charge in [-0.1, -0.05) is 38.3 Å². The van der Waals surface area contributed by atoms with Crippen molar-refractivity contribution in [2.45, 2.75) is 65.0 Å². The van der Waals surface area contributed by atoms with Gasteiger partial charge in [-0.2, -0.15) is 0 Å². The molecule has 7 heteroatoms. The van der Waals surface area contributed by atoms with Crippen LogP contribution in [-0.2, 0) is 4.79 Å². The molecule has 1 N–H and O–H groups in total. The predicted octanol–water partition coefficient (Wildman–Crippen LogP) is 4.70. The summed E-state index contributed by atoms with van der Waals surface area (Å²) in [7, 11) is 0. The van der Waals surface area contributed by atoms with E-state index in [0.717, 1.165) is 12.1 Å². The lowest BCUT2D eigenvalue weighted by Crippen LogP contribution is -2.53. The molecular formula is C24H34ClN3O3. The van der Waals surface area contributed by atoms with E-state index in [9.17, 15) is 9.59 Å². The van der Waals surface area contributed by atoms with Gasteiger partial charge >= 0.3 is 6.03 Å². The Bertz CT molecular complexity index is 824. The Balaban J connectivity index is 1.35. The van der Waals surface area contributed by atoms with E-state index in [1.54, 1.807) is 17.0 Å². The minimum atomic E-state index is -0.0826. The molecule has 1 aromatic carbocycles. The number of nitrogens with one attached hydrogen (secondary N) is 1. The van der Waals surface area contributed by atoms with E-state index >= 15 is 0 Å². The largest absolute Gasteiger partial charge is 0.487 e. The maximum absolute atomic E-state index is 13.3. The van der Waals surface area contributed by atoms with Crippen LogP contribution in [0.4, 0.5) is 10.5 Å². The van der Waals surface area contributed by atoms with Crippen LogP contribution in [-0.4, -0.2) is 48.6 Å². The molecule has 2 aliphatic heterocycles. The van der Waals surface area contributed by atoms with Crippen molar-refractivity contribution in [1.82, 2.24) is 10.2 Å². The lowest BCUT2D eigenvalue weighted by atomic mass is 9.78. The van der Waals surface area contributed by atoms with Gasteiger partial charge in [0.2, 0.25) is 5.91 Å². The van der Waals surface area contributed by atoms with Gasteiger partial charge in [0.1, 0.15) is 11.9 Å². The van der Waals surface area contributed by atoms with Crippen LogP contribution in [0.1, 0.15) is 52.9 Å². The number of carbonyl (C=O) groups is 2. The standard InChI is InChI=1S/C24H34ClN3O3/c1-15-5-4-6-20(17(15)3)26-23(29)18-9-11-27(12-10-18)24(30)28-14-16(2)31-22-8-7-19(25)13-21(22)28/h7-8,13,15-18,20H,4-6,9-12,14H2,1-3H3,(H,26,29)/t15-,16-,17-,20-/m1/s1. The third-order valence-electron chi connectivity index (χ3n) is 7.38. The third-order valence-corrected chi connectivity index (χ3v) is 7.62. The number of urea groups is 1. The number of ether oxygens (including phenoxy) is 1. The van der Waals surface area contributed by atoms with Crippen molar-refractivity contribution >= 4 is 29.2 Å². The SMILES string of the molecule is C[C@@H]1[C@H](C)CCC[C@H]1NC(=O)C1CCN(C(=O)N2C[C@@H](C)Oc3ccc(Cl)cc32)CC1. The zero-order valence-corrected chi connectivity index (χ0v) is 19.5. The molecule has 2 fully saturated rings. The number of hydrogen-bond acceptors (Lipinski definition) is 3. The van der Waals surface area contributed by atoms with Crippen molar-refractivity contribution in [2.75, 3.05) is 24.5 Å². The first-order chi connectivity index (χ1) is 14.8. The van der Waals surface area contributed by atoms with Crippen molar-refractivity contribution in [3.8, 4) is 5.75 Å². The number of fused-ring (bicyclic) bond motifs is 1. The Kier molecular flexibility index (Phi) is 6.65. The zero-order chi connectivity index (χ0) is 22.1. The summed E-state index contributed by atoms with van der Waals surface area (Å²) in [5.41, 5.74) is 0.718. The fourth-order valence-corrected chi connectivity index (χ4v) is 5.35. The highest BCUT2D eigenvalue weighted by Gasteiger charge is 2.35. The first-order valence-electron chi connectivity index (χ1n) is 11.7. The molecule has 0 bridgehead atoms. The van der Waals surface area contributed by atoms with Crippen molar-refractivity contribution in [2.24, 2.45) is 17.8 Å². The number of nitrogens with zero attached hydrogens (tertiary/aromatic N) is 2. The smallest absolute Gasteiger partial charge is 0.324 e. The normalized spacial score (nSPS) is 29.2. The molecule has 0 spiro atoms. The van der Waals surface area contributed by atoms with Gasteiger partial charge in [-0.3, -0.25) is 9.69 Å². The fourth-order valence-electron chi connectivity index (χ4n) is 5.18. The number of likely N-dealkylation sites (tertiary alicyclic amines) is 1. The lowest BCUT2D eigenvalue weighted by molar-refractivity contribution is -0.127. The Morgan fingerprint density at radius 2 is 1.84 bits per heavy atom. The first kappa shape index (κ1) is 22.3. The molecule has 3 aliphatic rings. The first-order valence-corrected chi connectivity index (χ1v) is 12.0. The van der Waals surface area contributed by atoms with Crippen LogP contribution in [0.3, 0.4) is 0 Å². The summed E-state index contributed by atoms with van der Waals surface area (Å²) in [5, 5.41) is 3.90. The Morgan fingerprint density at radius 3 is 2.58 bits per heavy atom. The number of hydrogen-bond donors (Lipinski definition) is 1. The van der Waals surface area contributed by atoms with E-state index in [1.807, 2.05) is 17.9 Å². The number of benzene rings is 1. The van der Waals surface area contributed by atoms with Gasteiger partial charge in [0.05, 0.1) is 12.2 Å². The van der Waals surface area contributed by atoms with E-state index in [-0.39, 0.29) is 30.0 Å². The van der Waals surface area contributed by atoms with E-state index in [0.29, 0.717) is 55.1 Å². The number of carbonyl (C=O) groups excluding carboxylic acids is 2. The molecule has 1 saturated carbocycles. The molecule has 4 atom stereocenters. The fraction of sp³-hybridized carbons (Fsp3) is 0.667. The number of amides is 3. The Labute approximate surface area is 190 Å². The van der Waals surface area contributed by atoms with E-state index < -0.39 is 0 Å². The maximum atomic E-state index is 13.3. The molecule has 6 nitrogen and oxygen atoms in total. The average Bonchev–Trinajstić information content (AvgIpc) is 2.76. The second kappa shape index (κ2) is 9.27. The van der Waals surface area contributed by atoms with Crippen molar-refractivity contribution < 1.29 is 14.3 Å². The summed E-state index contributed by atoms with van der Waals surface area (Å²) in [6.07, 6.45) is 4.84. The Morgan fingerprint density at radius 1 is 1.10 bits per heavy atom. The number of piperidine rings is 1. The molecule has 0 unspecified atom stereocenters. The van der Waals surface area contributed by atoms with Crippen LogP contribution >= 0.6 is 11.6 Å². The molecule has 1 aromatic rings. The minimum Gasteiger partial charge on any atom is -0.487 e. The minimum absolute atomic E-state index is 0.0150. The van der Waals surface area contributed by atoms with E-state index in [1.165, 1.54) is 12.8 Å². The summed E-state index contributed by atoms with van der Waals surface area (Å²) >= 11 is 6.17. The highest BCUT2D eigenvalue weighted by atomic mass is 35.5. The summed E-state index contributed by atoms with van der Waals surface area (Å²) in [6, 6.07) is 5.63. The number of anilines is 1. The van der Waals surface area contributed by atoms with Gasteiger partial charge in [0.25, 0.3) is 0 Å². The molecule has 3 amide bonds. The maximum Gasteiger partial charge on any atom is 0.324 e. The van der Waals surface area contributed by atoms with Crippen molar-refractivity contribution in [3.63, 3.8) is 0 Å². The zero-order valence-electron chi connectivity index (χ0n) is 18.8. The molecular weight excluding hydrogens is 414 g/mol. The van der Waals surface area contributed by atoms with Crippen LogP contribution < -0.4 is 15.0 Å². The van der Waals surface area contributed by atoms with Crippen molar-refractivity contribution in [1.29, 1.82) is 0 Å². The van der Waals surface area contributed by atoms with Gasteiger partial charge in [-0.25, -0.2) is 4.79 Å². The summed E-state index contributed by atoms with van der Waals surface area (Å²) in [4.78, 5) is 29.8. The van der Waals surface area contributed by atoms with Crippen molar-refractivity contribution in [3.05, 3.63) is 23.2 Å². The van der Waals surface area contributed by atoms with Crippen LogP contribution in [0.15, 0.2) is 18.2 Å². The van der Waals surface area contributed by atoms with Gasteiger partial charge < -0.3 is 15.0 Å². The van der Waals surface area contributed by atoms with Gasteiger partial charge in [0.15, 0.2) is 0 Å². The molecule has 0 radical (unpaired) electrons. The van der Waals surface area contributed by atoms with Crippen LogP contribution in [0.2, 0.25) is 5.02 Å². The molecule has 2 heterocycles. The topological polar surface area (TPSA) is 61.9 Å². The third kappa shape index (κ3) is 4.79. The van der Waals surface area contributed by atoms with E-state index in [2.05, 4.69) is 19.2 Å². The second-order valence-corrected chi connectivity index (χ2v) is 10.0. The highest BCUT2D eigenvalue weighted by molar-refractivity contribution is 6.31. The monoisotopic (exact) mass is 447 g/mol. The molecule has 1 saturated heterocycles. The second-order valence-electron chi connectivity index (χ2n) is 9.58. The summed E-state index contributed by atoms with van der Waals surface area (Å²) < 4.78 is 5.87. The lowest BCUT2D eigenvalue weighted by Gasteiger charge is -2.40. The number of halogens is 1. The predicted molar refractivity (Wildman–Crippen MR) is 123 cm³/mol. The van der Waals surface area contributed by atoms with Gasteiger partial charge in [0, 0.05) is 30.1 Å². The molecule has 170 valence electrons. The summed E-state index contributed by atoms with van der Waals surface area (Å²) in [5.74, 6) is 2.01.